The lowest BCUT2D eigenvalue weighted by Crippen LogP contribution is -2.43. The van der Waals surface area contributed by atoms with Gasteiger partial charge < -0.3 is 15.5 Å². The second kappa shape index (κ2) is 8.75. The summed E-state index contributed by atoms with van der Waals surface area (Å²) in [5.74, 6) is 0.736. The number of para-hydroxylation sites is 1. The van der Waals surface area contributed by atoms with Crippen LogP contribution in [-0.4, -0.2) is 34.2 Å². The van der Waals surface area contributed by atoms with E-state index in [9.17, 15) is 9.59 Å². The molecule has 2 aliphatic heterocycles. The number of aliphatic imine (C=N–C) groups is 1. The molecular weight excluding hydrogens is 396 g/mol. The van der Waals surface area contributed by atoms with Crippen molar-refractivity contribution in [2.24, 2.45) is 4.99 Å². The van der Waals surface area contributed by atoms with Crippen LogP contribution >= 0.6 is 11.8 Å². The highest BCUT2D eigenvalue weighted by atomic mass is 32.2. The van der Waals surface area contributed by atoms with Crippen molar-refractivity contribution in [2.45, 2.75) is 26.3 Å². The molecule has 154 valence electrons. The van der Waals surface area contributed by atoms with E-state index in [1.165, 1.54) is 6.92 Å². The van der Waals surface area contributed by atoms with E-state index in [1.807, 2.05) is 61.5 Å². The quantitative estimate of drug-likeness (QED) is 0.769. The minimum Gasteiger partial charge on any atom is -0.340 e. The number of nitrogens with zero attached hydrogens (tertiary/aromatic N) is 2. The molecule has 0 radical (unpaired) electrons. The van der Waals surface area contributed by atoms with Crippen LogP contribution in [0.25, 0.3) is 0 Å². The van der Waals surface area contributed by atoms with E-state index in [-0.39, 0.29) is 17.9 Å². The van der Waals surface area contributed by atoms with Crippen LogP contribution in [0.4, 0.5) is 11.4 Å². The van der Waals surface area contributed by atoms with Gasteiger partial charge in [0.1, 0.15) is 0 Å². The summed E-state index contributed by atoms with van der Waals surface area (Å²) in [6, 6.07) is 16.9. The lowest BCUT2D eigenvalue weighted by atomic mass is 9.93. The third kappa shape index (κ3) is 4.26. The summed E-state index contributed by atoms with van der Waals surface area (Å²) in [6.45, 7) is 4.21. The first kappa shape index (κ1) is 20.2. The Hall–Kier alpha value is -3.06. The van der Waals surface area contributed by atoms with E-state index < -0.39 is 0 Å². The summed E-state index contributed by atoms with van der Waals surface area (Å²) in [6.07, 6.45) is 1.03. The average molecular weight is 421 g/mol. The van der Waals surface area contributed by atoms with Crippen LogP contribution in [0.1, 0.15) is 31.9 Å². The van der Waals surface area contributed by atoms with Crippen molar-refractivity contribution in [1.29, 1.82) is 0 Å². The molecule has 0 saturated carbocycles. The summed E-state index contributed by atoms with van der Waals surface area (Å²) in [5.41, 5.74) is 3.77. The SMILES string of the molecule is CC(=O)Nc1cccc([C@H]2C(C(=O)Nc3ccccc3)=C(C)N=C3SCCCN32)c1. The maximum Gasteiger partial charge on any atom is 0.255 e. The van der Waals surface area contributed by atoms with Gasteiger partial charge in [-0.1, -0.05) is 42.1 Å². The molecule has 0 aromatic heterocycles. The number of carbonyl (C=O) groups excluding carboxylic acids is 2. The number of anilines is 2. The molecule has 2 aliphatic rings. The van der Waals surface area contributed by atoms with Crippen LogP contribution in [0, 0.1) is 0 Å². The lowest BCUT2D eigenvalue weighted by Gasteiger charge is -2.41. The molecule has 2 heterocycles. The fourth-order valence-electron chi connectivity index (χ4n) is 3.82. The highest BCUT2D eigenvalue weighted by molar-refractivity contribution is 8.13. The number of thioether (sulfide) groups is 1. The minimum atomic E-state index is -0.261. The standard InChI is InChI=1S/C23H24N4O2S/c1-15-20(22(29)26-18-9-4-3-5-10-18)21(27-12-7-13-30-23(27)24-15)17-8-6-11-19(14-17)25-16(2)28/h3-6,8-11,14,21H,7,12-13H2,1-2H3,(H,25,28)(H,26,29)/t21-/m0/s1. The summed E-state index contributed by atoms with van der Waals surface area (Å²) in [7, 11) is 0. The fourth-order valence-corrected chi connectivity index (χ4v) is 4.84. The van der Waals surface area contributed by atoms with Gasteiger partial charge in [-0.2, -0.15) is 0 Å². The second-order valence-electron chi connectivity index (χ2n) is 7.32. The Kier molecular flexibility index (Phi) is 5.90. The van der Waals surface area contributed by atoms with Crippen LogP contribution in [0.15, 0.2) is 70.9 Å². The van der Waals surface area contributed by atoms with Gasteiger partial charge in [0.15, 0.2) is 5.17 Å². The van der Waals surface area contributed by atoms with E-state index in [0.29, 0.717) is 11.3 Å². The number of amides is 2. The predicted molar refractivity (Wildman–Crippen MR) is 122 cm³/mol. The predicted octanol–water partition coefficient (Wildman–Crippen LogP) is 4.41. The molecule has 1 atom stereocenters. The Morgan fingerprint density at radius 1 is 1.07 bits per heavy atom. The van der Waals surface area contributed by atoms with Crippen molar-refractivity contribution in [3.63, 3.8) is 0 Å². The lowest BCUT2D eigenvalue weighted by molar-refractivity contribution is -0.114. The molecule has 0 spiro atoms. The smallest absolute Gasteiger partial charge is 0.255 e. The molecule has 0 aliphatic carbocycles. The van der Waals surface area contributed by atoms with Crippen LogP contribution in [-0.2, 0) is 9.59 Å². The Morgan fingerprint density at radius 2 is 1.83 bits per heavy atom. The monoisotopic (exact) mass is 420 g/mol. The highest BCUT2D eigenvalue weighted by Crippen LogP contribution is 2.40. The van der Waals surface area contributed by atoms with Crippen LogP contribution in [0.3, 0.4) is 0 Å². The zero-order valence-electron chi connectivity index (χ0n) is 17.0. The maximum absolute atomic E-state index is 13.4. The zero-order valence-corrected chi connectivity index (χ0v) is 17.8. The van der Waals surface area contributed by atoms with Crippen molar-refractivity contribution in [3.8, 4) is 0 Å². The average Bonchev–Trinajstić information content (AvgIpc) is 2.73. The normalized spacial score (nSPS) is 18.4. The molecule has 4 rings (SSSR count). The first-order valence-electron chi connectivity index (χ1n) is 9.96. The maximum atomic E-state index is 13.4. The van der Waals surface area contributed by atoms with Crippen LogP contribution in [0.5, 0.6) is 0 Å². The molecule has 1 saturated heterocycles. The Bertz CT molecular complexity index is 1030. The molecular formula is C23H24N4O2S. The highest BCUT2D eigenvalue weighted by Gasteiger charge is 2.37. The van der Waals surface area contributed by atoms with Gasteiger partial charge in [-0.05, 0) is 43.2 Å². The molecule has 1 fully saturated rings. The van der Waals surface area contributed by atoms with E-state index in [0.717, 1.165) is 40.8 Å². The van der Waals surface area contributed by atoms with Crippen molar-refractivity contribution < 1.29 is 9.59 Å². The second-order valence-corrected chi connectivity index (χ2v) is 8.38. The fraction of sp³-hybridized carbons (Fsp3) is 0.261. The number of allylic oxidation sites excluding steroid dienone is 1. The van der Waals surface area contributed by atoms with E-state index in [4.69, 9.17) is 4.99 Å². The number of amidine groups is 1. The Morgan fingerprint density at radius 3 is 2.60 bits per heavy atom. The van der Waals surface area contributed by atoms with Gasteiger partial charge in [0, 0.05) is 30.6 Å². The van der Waals surface area contributed by atoms with Gasteiger partial charge in [0.05, 0.1) is 17.3 Å². The Balaban J connectivity index is 1.75. The van der Waals surface area contributed by atoms with Crippen molar-refractivity contribution in [1.82, 2.24) is 4.90 Å². The third-order valence-corrected chi connectivity index (χ3v) is 6.13. The third-order valence-electron chi connectivity index (χ3n) is 5.06. The summed E-state index contributed by atoms with van der Waals surface area (Å²) < 4.78 is 0. The first-order valence-corrected chi connectivity index (χ1v) is 10.9. The van der Waals surface area contributed by atoms with E-state index >= 15 is 0 Å². The molecule has 2 N–H and O–H groups in total. The number of carbonyl (C=O) groups is 2. The summed E-state index contributed by atoms with van der Waals surface area (Å²) >= 11 is 1.72. The number of benzene rings is 2. The van der Waals surface area contributed by atoms with Crippen LogP contribution < -0.4 is 10.6 Å². The van der Waals surface area contributed by atoms with Gasteiger partial charge in [-0.15, -0.1) is 0 Å². The molecule has 6 nitrogen and oxygen atoms in total. The Labute approximate surface area is 180 Å². The van der Waals surface area contributed by atoms with Crippen LogP contribution in [0.2, 0.25) is 0 Å². The summed E-state index contributed by atoms with van der Waals surface area (Å²) in [5, 5.41) is 6.81. The largest absolute Gasteiger partial charge is 0.340 e. The molecule has 2 aromatic carbocycles. The molecule has 7 heteroatoms. The van der Waals surface area contributed by atoms with Gasteiger partial charge in [-0.25, -0.2) is 4.99 Å². The van der Waals surface area contributed by atoms with Crippen molar-refractivity contribution >= 4 is 40.1 Å². The topological polar surface area (TPSA) is 73.8 Å². The van der Waals surface area contributed by atoms with Gasteiger partial charge in [0.25, 0.3) is 5.91 Å². The molecule has 0 bridgehead atoms. The number of nitrogens with one attached hydrogen (secondary N) is 2. The molecule has 2 amide bonds. The first-order chi connectivity index (χ1) is 14.5. The molecule has 0 unspecified atom stereocenters. The minimum absolute atomic E-state index is 0.125. The van der Waals surface area contributed by atoms with Gasteiger partial charge in [0.2, 0.25) is 5.91 Å². The van der Waals surface area contributed by atoms with Gasteiger partial charge >= 0.3 is 0 Å². The van der Waals surface area contributed by atoms with E-state index in [2.05, 4.69) is 15.5 Å². The zero-order chi connectivity index (χ0) is 21.1. The number of fused-ring (bicyclic) bond motifs is 1. The number of hydrogen-bond donors (Lipinski definition) is 2. The van der Waals surface area contributed by atoms with Crippen molar-refractivity contribution in [3.05, 3.63) is 71.4 Å². The molecule has 2 aromatic rings. The summed E-state index contributed by atoms with van der Waals surface area (Å²) in [4.78, 5) is 31.8. The number of hydrogen-bond acceptors (Lipinski definition) is 5. The van der Waals surface area contributed by atoms with Gasteiger partial charge in [-0.3, -0.25) is 9.59 Å². The molecule has 30 heavy (non-hydrogen) atoms. The van der Waals surface area contributed by atoms with E-state index in [1.54, 1.807) is 11.8 Å². The van der Waals surface area contributed by atoms with Crippen molar-refractivity contribution in [2.75, 3.05) is 22.9 Å². The number of rotatable bonds is 4.